The topological polar surface area (TPSA) is 0 Å². The molecule has 0 amide bonds. The molecule has 3 rings (SSSR count). The summed E-state index contributed by atoms with van der Waals surface area (Å²) in [6.45, 7) is 2.16. The second kappa shape index (κ2) is 5.86. The molecule has 0 saturated heterocycles. The van der Waals surface area contributed by atoms with E-state index in [2.05, 4.69) is 6.92 Å². The van der Waals surface area contributed by atoms with Gasteiger partial charge in [0, 0.05) is 6.42 Å². The minimum atomic E-state index is -3.23. The smallest absolute Gasteiger partial charge is 0.204 e. The molecule has 0 aliphatic heterocycles. The van der Waals surface area contributed by atoms with Crippen molar-refractivity contribution in [2.75, 3.05) is 0 Å². The quantitative estimate of drug-likeness (QED) is 0.593. The highest BCUT2D eigenvalue weighted by atomic mass is 19.3. The summed E-state index contributed by atoms with van der Waals surface area (Å²) in [5.41, 5.74) is 0.349. The first kappa shape index (κ1) is 15.8. The SMILES string of the molecule is CCCC1CCC(c2cc(F)c(F)c3c2CCC3(F)F)CC1. The fourth-order valence-corrected chi connectivity index (χ4v) is 4.28. The first-order valence-corrected chi connectivity index (χ1v) is 8.33. The number of rotatable bonds is 3. The van der Waals surface area contributed by atoms with Crippen molar-refractivity contribution < 1.29 is 17.6 Å². The Morgan fingerprint density at radius 2 is 1.82 bits per heavy atom. The van der Waals surface area contributed by atoms with Gasteiger partial charge >= 0.3 is 0 Å². The minimum Gasteiger partial charge on any atom is -0.204 e. The minimum absolute atomic E-state index is 0.103. The molecule has 0 bridgehead atoms. The molecule has 0 nitrogen and oxygen atoms in total. The molecule has 0 heterocycles. The molecule has 22 heavy (non-hydrogen) atoms. The monoisotopic (exact) mass is 314 g/mol. The first-order chi connectivity index (χ1) is 10.4. The number of halogens is 4. The van der Waals surface area contributed by atoms with Gasteiger partial charge in [-0.3, -0.25) is 0 Å². The van der Waals surface area contributed by atoms with Gasteiger partial charge in [-0.25, -0.2) is 17.6 Å². The van der Waals surface area contributed by atoms with Crippen LogP contribution in [0, 0.1) is 17.6 Å². The van der Waals surface area contributed by atoms with Gasteiger partial charge in [0.1, 0.15) is 0 Å². The third-order valence-electron chi connectivity index (χ3n) is 5.40. The number of hydrogen-bond acceptors (Lipinski definition) is 0. The summed E-state index contributed by atoms with van der Waals surface area (Å²) >= 11 is 0. The van der Waals surface area contributed by atoms with Gasteiger partial charge in [-0.05, 0) is 61.1 Å². The Balaban J connectivity index is 1.90. The lowest BCUT2D eigenvalue weighted by Gasteiger charge is -2.30. The predicted octanol–water partition coefficient (Wildman–Crippen LogP) is 6.08. The predicted molar refractivity (Wildman–Crippen MR) is 78.2 cm³/mol. The molecule has 2 aliphatic rings. The lowest BCUT2D eigenvalue weighted by atomic mass is 9.75. The molecule has 1 aromatic rings. The normalized spacial score (nSPS) is 27.0. The maximum Gasteiger partial charge on any atom is 0.276 e. The summed E-state index contributed by atoms with van der Waals surface area (Å²) in [6, 6.07) is 1.18. The van der Waals surface area contributed by atoms with E-state index in [1.54, 1.807) is 0 Å². The van der Waals surface area contributed by atoms with Crippen LogP contribution < -0.4 is 0 Å². The molecular weight excluding hydrogens is 292 g/mol. The maximum atomic E-state index is 13.9. The van der Waals surface area contributed by atoms with Crippen molar-refractivity contribution in [3.63, 3.8) is 0 Å². The highest BCUT2D eigenvalue weighted by Gasteiger charge is 2.45. The van der Waals surface area contributed by atoms with E-state index < -0.39 is 29.5 Å². The van der Waals surface area contributed by atoms with Crippen molar-refractivity contribution in [1.29, 1.82) is 0 Å². The van der Waals surface area contributed by atoms with E-state index in [-0.39, 0.29) is 12.3 Å². The fraction of sp³-hybridized carbons (Fsp3) is 0.667. The van der Waals surface area contributed by atoms with Crippen molar-refractivity contribution in [3.8, 4) is 0 Å². The summed E-state index contributed by atoms with van der Waals surface area (Å²) < 4.78 is 55.4. The molecule has 4 heteroatoms. The summed E-state index contributed by atoms with van der Waals surface area (Å²) in [7, 11) is 0. The summed E-state index contributed by atoms with van der Waals surface area (Å²) in [5, 5.41) is 0. The Hall–Kier alpha value is -1.06. The van der Waals surface area contributed by atoms with Gasteiger partial charge in [0.15, 0.2) is 11.6 Å². The Kier molecular flexibility index (Phi) is 4.21. The Labute approximate surface area is 128 Å². The van der Waals surface area contributed by atoms with Crippen LogP contribution in [-0.4, -0.2) is 0 Å². The average molecular weight is 314 g/mol. The van der Waals surface area contributed by atoms with E-state index in [4.69, 9.17) is 0 Å². The second-order valence-electron chi connectivity index (χ2n) is 6.83. The number of hydrogen-bond donors (Lipinski definition) is 0. The van der Waals surface area contributed by atoms with Gasteiger partial charge in [-0.1, -0.05) is 19.8 Å². The van der Waals surface area contributed by atoms with E-state index in [0.29, 0.717) is 17.0 Å². The van der Waals surface area contributed by atoms with Crippen molar-refractivity contribution in [2.45, 2.75) is 70.1 Å². The van der Waals surface area contributed by atoms with Crippen LogP contribution in [0.1, 0.15) is 74.5 Å². The molecule has 0 atom stereocenters. The molecule has 0 unspecified atom stereocenters. The zero-order valence-electron chi connectivity index (χ0n) is 12.9. The molecular formula is C18H22F4. The largest absolute Gasteiger partial charge is 0.276 e. The second-order valence-corrected chi connectivity index (χ2v) is 6.83. The molecule has 1 saturated carbocycles. The summed E-state index contributed by atoms with van der Waals surface area (Å²) in [6.07, 6.45) is 6.01. The Morgan fingerprint density at radius 1 is 1.14 bits per heavy atom. The van der Waals surface area contributed by atoms with E-state index in [1.807, 2.05) is 0 Å². The first-order valence-electron chi connectivity index (χ1n) is 8.33. The molecule has 1 fully saturated rings. The van der Waals surface area contributed by atoms with Gasteiger partial charge in [0.25, 0.3) is 5.92 Å². The highest BCUT2D eigenvalue weighted by molar-refractivity contribution is 5.45. The van der Waals surface area contributed by atoms with Crippen molar-refractivity contribution in [1.82, 2.24) is 0 Å². The Morgan fingerprint density at radius 3 is 2.45 bits per heavy atom. The van der Waals surface area contributed by atoms with E-state index in [9.17, 15) is 17.6 Å². The molecule has 1 aromatic carbocycles. The van der Waals surface area contributed by atoms with Crippen LogP contribution >= 0.6 is 0 Å². The van der Waals surface area contributed by atoms with E-state index in [1.165, 1.54) is 12.5 Å². The Bertz CT molecular complexity index is 557. The van der Waals surface area contributed by atoms with E-state index in [0.717, 1.165) is 32.1 Å². The van der Waals surface area contributed by atoms with Gasteiger partial charge in [-0.2, -0.15) is 0 Å². The maximum absolute atomic E-state index is 13.9. The molecule has 0 spiro atoms. The third-order valence-corrected chi connectivity index (χ3v) is 5.40. The van der Waals surface area contributed by atoms with Crippen LogP contribution in [0.4, 0.5) is 17.6 Å². The summed E-state index contributed by atoms with van der Waals surface area (Å²) in [4.78, 5) is 0. The van der Waals surface area contributed by atoms with Crippen molar-refractivity contribution in [3.05, 3.63) is 34.4 Å². The molecule has 122 valence electrons. The van der Waals surface area contributed by atoms with Gasteiger partial charge in [0.05, 0.1) is 5.56 Å². The standard InChI is InChI=1S/C18H22F4/c1-2-3-11-4-6-12(7-5-11)14-10-15(19)17(20)16-13(14)8-9-18(16,21)22/h10-12H,2-9H2,1H3. The van der Waals surface area contributed by atoms with Crippen LogP contribution in [-0.2, 0) is 12.3 Å². The number of benzene rings is 1. The van der Waals surface area contributed by atoms with Crippen LogP contribution in [0.3, 0.4) is 0 Å². The lowest BCUT2D eigenvalue weighted by Crippen LogP contribution is -2.17. The van der Waals surface area contributed by atoms with Gasteiger partial charge in [-0.15, -0.1) is 0 Å². The molecule has 0 aromatic heterocycles. The lowest BCUT2D eigenvalue weighted by molar-refractivity contribution is -0.00554. The fourth-order valence-electron chi connectivity index (χ4n) is 4.28. The van der Waals surface area contributed by atoms with Crippen molar-refractivity contribution >= 4 is 0 Å². The van der Waals surface area contributed by atoms with Crippen LogP contribution in [0.5, 0.6) is 0 Å². The average Bonchev–Trinajstić information content (AvgIpc) is 2.80. The zero-order chi connectivity index (χ0) is 15.9. The van der Waals surface area contributed by atoms with Crippen LogP contribution in [0.15, 0.2) is 6.07 Å². The molecule has 2 aliphatic carbocycles. The summed E-state index contributed by atoms with van der Waals surface area (Å²) in [5.74, 6) is -4.89. The van der Waals surface area contributed by atoms with E-state index >= 15 is 0 Å². The van der Waals surface area contributed by atoms with Crippen LogP contribution in [0.2, 0.25) is 0 Å². The molecule has 0 N–H and O–H groups in total. The molecule has 0 radical (unpaired) electrons. The number of fused-ring (bicyclic) bond motifs is 1. The van der Waals surface area contributed by atoms with Gasteiger partial charge < -0.3 is 0 Å². The van der Waals surface area contributed by atoms with Crippen molar-refractivity contribution in [2.24, 2.45) is 5.92 Å². The van der Waals surface area contributed by atoms with Crippen LogP contribution in [0.25, 0.3) is 0 Å². The highest BCUT2D eigenvalue weighted by Crippen LogP contribution is 2.48. The number of alkyl halides is 2. The third kappa shape index (κ3) is 2.65. The van der Waals surface area contributed by atoms with Gasteiger partial charge in [0.2, 0.25) is 0 Å². The zero-order valence-corrected chi connectivity index (χ0v) is 12.9.